The number of hydrogen-bond donors (Lipinski definition) is 0. The largest absolute Gasteiger partial charge is 0.374 e. The maximum atomic E-state index is 6.26. The minimum atomic E-state index is 0.0786. The van der Waals surface area contributed by atoms with Crippen LogP contribution >= 0.6 is 11.3 Å². The van der Waals surface area contributed by atoms with E-state index < -0.39 is 0 Å². The fraction of sp³-hybridized carbons (Fsp3) is 0.562. The summed E-state index contributed by atoms with van der Waals surface area (Å²) in [6.45, 7) is 4.15. The Hall–Kier alpha value is -1.57. The summed E-state index contributed by atoms with van der Waals surface area (Å²) in [6, 6.07) is 4.30. The van der Waals surface area contributed by atoms with Crippen LogP contribution in [0.2, 0.25) is 0 Å². The highest BCUT2D eigenvalue weighted by molar-refractivity contribution is 7.15. The minimum Gasteiger partial charge on any atom is -0.374 e. The molecule has 0 N–H and O–H groups in total. The normalized spacial score (nSPS) is 27.2. The van der Waals surface area contributed by atoms with Crippen molar-refractivity contribution in [1.82, 2.24) is 15.2 Å². The molecule has 1 aliphatic carbocycles. The molecule has 2 aliphatic rings. The Balaban J connectivity index is 1.51. The predicted octanol–water partition coefficient (Wildman–Crippen LogP) is 2.19. The maximum Gasteiger partial charge on any atom is 0.208 e. The Bertz CT molecular complexity index is 651. The third-order valence-electron chi connectivity index (χ3n) is 4.51. The van der Waals surface area contributed by atoms with Crippen LogP contribution in [0, 0.1) is 6.92 Å². The fourth-order valence-electron chi connectivity index (χ4n) is 3.42. The first kappa shape index (κ1) is 15.0. The van der Waals surface area contributed by atoms with Gasteiger partial charge in [-0.15, -0.1) is 10.2 Å². The van der Waals surface area contributed by atoms with Gasteiger partial charge in [-0.05, 0) is 37.5 Å². The number of aryl methyl sites for hydroxylation is 1. The van der Waals surface area contributed by atoms with Gasteiger partial charge in [0.05, 0.1) is 25.4 Å². The molecule has 2 aromatic heterocycles. The predicted molar refractivity (Wildman–Crippen MR) is 87.6 cm³/mol. The number of anilines is 1. The lowest BCUT2D eigenvalue weighted by atomic mass is 10.1. The van der Waals surface area contributed by atoms with Gasteiger partial charge in [0.15, 0.2) is 0 Å². The Morgan fingerprint density at radius 3 is 2.96 bits per heavy atom. The zero-order valence-corrected chi connectivity index (χ0v) is 13.9. The third kappa shape index (κ3) is 3.08. The molecule has 3 heterocycles. The van der Waals surface area contributed by atoms with Crippen LogP contribution in [0.1, 0.15) is 23.4 Å². The smallest absolute Gasteiger partial charge is 0.208 e. The molecule has 7 heteroatoms. The average molecular weight is 332 g/mol. The van der Waals surface area contributed by atoms with Crippen molar-refractivity contribution in [1.29, 1.82) is 0 Å². The van der Waals surface area contributed by atoms with Crippen LogP contribution in [0.25, 0.3) is 0 Å². The average Bonchev–Trinajstić information content (AvgIpc) is 3.10. The standard InChI is InChI=1S/C16H20N4O2S/c1-11-18-19-16(23-11)20-8-9-21-14-3-2-13(20)15(14)22-10-12-4-6-17-7-5-12/h4-7,13-15H,2-3,8-10H2,1H3/t13-,14-,15-/m0/s1. The molecular weight excluding hydrogens is 312 g/mol. The van der Waals surface area contributed by atoms with Gasteiger partial charge in [-0.1, -0.05) is 11.3 Å². The third-order valence-corrected chi connectivity index (χ3v) is 5.39. The number of nitrogens with zero attached hydrogens (tertiary/aromatic N) is 4. The van der Waals surface area contributed by atoms with E-state index in [1.807, 2.05) is 19.1 Å². The molecule has 0 radical (unpaired) electrons. The maximum absolute atomic E-state index is 6.26. The van der Waals surface area contributed by atoms with Gasteiger partial charge < -0.3 is 14.4 Å². The van der Waals surface area contributed by atoms with Crippen molar-refractivity contribution in [3.05, 3.63) is 35.1 Å². The van der Waals surface area contributed by atoms with Gasteiger partial charge in [0.2, 0.25) is 5.13 Å². The van der Waals surface area contributed by atoms with E-state index >= 15 is 0 Å². The Labute approximate surface area is 139 Å². The van der Waals surface area contributed by atoms with Gasteiger partial charge in [-0.2, -0.15) is 0 Å². The minimum absolute atomic E-state index is 0.0786. The molecule has 2 fully saturated rings. The molecule has 1 aliphatic heterocycles. The van der Waals surface area contributed by atoms with Crippen LogP contribution in [0.4, 0.5) is 5.13 Å². The van der Waals surface area contributed by atoms with Gasteiger partial charge >= 0.3 is 0 Å². The number of aromatic nitrogens is 3. The van der Waals surface area contributed by atoms with Crippen molar-refractivity contribution in [3.63, 3.8) is 0 Å². The summed E-state index contributed by atoms with van der Waals surface area (Å²) in [5, 5.41) is 10.5. The highest BCUT2D eigenvalue weighted by Crippen LogP contribution is 2.36. The van der Waals surface area contributed by atoms with E-state index in [2.05, 4.69) is 20.1 Å². The van der Waals surface area contributed by atoms with Crippen LogP contribution in [-0.4, -0.2) is 46.6 Å². The highest BCUT2D eigenvalue weighted by atomic mass is 32.1. The summed E-state index contributed by atoms with van der Waals surface area (Å²) in [5.41, 5.74) is 1.14. The molecule has 0 amide bonds. The van der Waals surface area contributed by atoms with Crippen molar-refractivity contribution in [2.45, 2.75) is 44.6 Å². The Kier molecular flexibility index (Phi) is 4.24. The van der Waals surface area contributed by atoms with Gasteiger partial charge in [0.25, 0.3) is 0 Å². The molecule has 23 heavy (non-hydrogen) atoms. The van der Waals surface area contributed by atoms with Gasteiger partial charge in [-0.3, -0.25) is 4.98 Å². The zero-order chi connectivity index (χ0) is 15.6. The summed E-state index contributed by atoms with van der Waals surface area (Å²) in [7, 11) is 0. The van der Waals surface area contributed by atoms with Crippen molar-refractivity contribution in [3.8, 4) is 0 Å². The topological polar surface area (TPSA) is 60.4 Å². The van der Waals surface area contributed by atoms with Crippen LogP contribution in [-0.2, 0) is 16.1 Å². The highest BCUT2D eigenvalue weighted by Gasteiger charge is 2.44. The second kappa shape index (κ2) is 6.51. The second-order valence-electron chi connectivity index (χ2n) is 5.98. The van der Waals surface area contributed by atoms with E-state index in [0.717, 1.165) is 41.7 Å². The van der Waals surface area contributed by atoms with Crippen molar-refractivity contribution in [2.24, 2.45) is 0 Å². The molecule has 122 valence electrons. The Morgan fingerprint density at radius 2 is 2.17 bits per heavy atom. The number of rotatable bonds is 4. The lowest BCUT2D eigenvalue weighted by molar-refractivity contribution is -0.0554. The lowest BCUT2D eigenvalue weighted by Gasteiger charge is -2.30. The number of ether oxygens (including phenoxy) is 2. The van der Waals surface area contributed by atoms with E-state index in [1.54, 1.807) is 23.7 Å². The van der Waals surface area contributed by atoms with Crippen molar-refractivity contribution < 1.29 is 9.47 Å². The molecule has 0 unspecified atom stereocenters. The van der Waals surface area contributed by atoms with E-state index in [9.17, 15) is 0 Å². The van der Waals surface area contributed by atoms with Crippen molar-refractivity contribution in [2.75, 3.05) is 18.1 Å². The van der Waals surface area contributed by atoms with Crippen LogP contribution in [0.5, 0.6) is 0 Å². The monoisotopic (exact) mass is 332 g/mol. The van der Waals surface area contributed by atoms with Gasteiger partial charge in [0, 0.05) is 18.9 Å². The van der Waals surface area contributed by atoms with Gasteiger partial charge in [0.1, 0.15) is 11.1 Å². The SMILES string of the molecule is Cc1nnc(N2CCO[C@H]3CC[C@H]2[C@@H]3OCc2ccncc2)s1. The summed E-state index contributed by atoms with van der Waals surface area (Å²) in [6.07, 6.45) is 5.97. The molecule has 2 bridgehead atoms. The molecule has 6 nitrogen and oxygen atoms in total. The van der Waals surface area contributed by atoms with Crippen LogP contribution in [0.15, 0.2) is 24.5 Å². The molecule has 0 aromatic carbocycles. The van der Waals surface area contributed by atoms with E-state index in [0.29, 0.717) is 12.6 Å². The fourth-order valence-corrected chi connectivity index (χ4v) is 4.19. The molecule has 1 saturated heterocycles. The van der Waals surface area contributed by atoms with Crippen LogP contribution < -0.4 is 4.90 Å². The quantitative estimate of drug-likeness (QED) is 0.855. The zero-order valence-electron chi connectivity index (χ0n) is 13.1. The van der Waals surface area contributed by atoms with Gasteiger partial charge in [-0.25, -0.2) is 0 Å². The number of pyridine rings is 1. The number of hydrogen-bond acceptors (Lipinski definition) is 7. The van der Waals surface area contributed by atoms with E-state index in [1.165, 1.54) is 0 Å². The molecular formula is C16H20N4O2S. The van der Waals surface area contributed by atoms with E-state index in [-0.39, 0.29) is 12.2 Å². The molecule has 2 aromatic rings. The van der Waals surface area contributed by atoms with Crippen LogP contribution in [0.3, 0.4) is 0 Å². The number of fused-ring (bicyclic) bond motifs is 2. The Morgan fingerprint density at radius 1 is 1.30 bits per heavy atom. The first-order valence-corrected chi connectivity index (χ1v) is 8.82. The molecule has 0 spiro atoms. The summed E-state index contributed by atoms with van der Waals surface area (Å²) < 4.78 is 12.3. The summed E-state index contributed by atoms with van der Waals surface area (Å²) >= 11 is 1.64. The van der Waals surface area contributed by atoms with Crippen molar-refractivity contribution >= 4 is 16.5 Å². The molecule has 3 atom stereocenters. The lowest BCUT2D eigenvalue weighted by Crippen LogP contribution is -2.43. The second-order valence-corrected chi connectivity index (χ2v) is 7.14. The summed E-state index contributed by atoms with van der Waals surface area (Å²) in [5.74, 6) is 0. The summed E-state index contributed by atoms with van der Waals surface area (Å²) in [4.78, 5) is 6.38. The first-order chi connectivity index (χ1) is 11.3. The molecule has 4 rings (SSSR count). The molecule has 1 saturated carbocycles. The first-order valence-electron chi connectivity index (χ1n) is 8.00. The van der Waals surface area contributed by atoms with E-state index in [4.69, 9.17) is 9.47 Å².